The van der Waals surface area contributed by atoms with Crippen LogP contribution in [0, 0.1) is 22.6 Å². The molecule has 1 heterocycles. The number of nitrogens with one attached hydrogen (secondary N) is 1. The molecule has 1 aliphatic carbocycles. The Morgan fingerprint density at radius 1 is 0.923 bits per heavy atom. The number of halogens is 4. The fourth-order valence-electron chi connectivity index (χ4n) is 4.52. The van der Waals surface area contributed by atoms with Crippen molar-refractivity contribution in [1.29, 1.82) is 0 Å². The number of rotatable bonds is 7. The molecular formula is C29H21F4NO4S. The van der Waals surface area contributed by atoms with E-state index in [2.05, 4.69) is 5.32 Å². The molecule has 1 unspecified atom stereocenters. The minimum Gasteiger partial charge on any atom is -0.481 e. The van der Waals surface area contributed by atoms with Crippen molar-refractivity contribution < 1.29 is 37.0 Å². The Balaban J connectivity index is 1.40. The number of ether oxygens (including phenoxy) is 1. The summed E-state index contributed by atoms with van der Waals surface area (Å²) in [7, 11) is 0. The standard InChI is InChI=1S/C29H21F4NO4S/c1-15(20-12-22(31)23(32)13-21(20)30)38-28(37)34-24-14-25(33)39-26(24)19-5-3-2-4-18(19)16-6-8-17(9-7-16)29(10-11-29)27(35)36/h2-9,12-15H,10-11H2,1H3,(H,34,37)(H,35,36). The minimum absolute atomic E-state index is 0.104. The number of amides is 1. The molecule has 5 nitrogen and oxygen atoms in total. The van der Waals surface area contributed by atoms with Gasteiger partial charge in [-0.2, -0.15) is 4.39 Å². The lowest BCUT2D eigenvalue weighted by atomic mass is 9.92. The number of aliphatic carboxylic acids is 1. The number of carboxylic acid groups (broad SMARTS) is 1. The van der Waals surface area contributed by atoms with Gasteiger partial charge in [0.15, 0.2) is 16.8 Å². The maximum Gasteiger partial charge on any atom is 0.412 e. The molecule has 0 aliphatic heterocycles. The smallest absolute Gasteiger partial charge is 0.412 e. The highest BCUT2D eigenvalue weighted by Gasteiger charge is 2.51. The van der Waals surface area contributed by atoms with Crippen molar-refractivity contribution >= 4 is 29.1 Å². The van der Waals surface area contributed by atoms with Crippen LogP contribution >= 0.6 is 11.3 Å². The van der Waals surface area contributed by atoms with Crippen molar-refractivity contribution in [2.24, 2.45) is 0 Å². The molecule has 1 saturated carbocycles. The Morgan fingerprint density at radius 3 is 2.21 bits per heavy atom. The Hall–Kier alpha value is -4.18. The Labute approximate surface area is 224 Å². The molecule has 0 saturated heterocycles. The average Bonchev–Trinajstić information content (AvgIpc) is 3.64. The molecule has 3 aromatic carbocycles. The first-order valence-electron chi connectivity index (χ1n) is 11.9. The molecule has 5 rings (SSSR count). The molecule has 200 valence electrons. The molecule has 0 radical (unpaired) electrons. The molecule has 2 N–H and O–H groups in total. The summed E-state index contributed by atoms with van der Waals surface area (Å²) in [6.07, 6.45) is -1.15. The second kappa shape index (κ2) is 10.2. The van der Waals surface area contributed by atoms with E-state index in [9.17, 15) is 32.3 Å². The number of benzene rings is 3. The summed E-state index contributed by atoms with van der Waals surface area (Å²) in [6, 6.07) is 16.4. The number of hydrogen-bond donors (Lipinski definition) is 2. The van der Waals surface area contributed by atoms with Gasteiger partial charge in [-0.3, -0.25) is 10.1 Å². The van der Waals surface area contributed by atoms with Crippen LogP contribution in [-0.4, -0.2) is 17.2 Å². The van der Waals surface area contributed by atoms with E-state index in [0.29, 0.717) is 35.4 Å². The van der Waals surface area contributed by atoms with Crippen molar-refractivity contribution in [3.63, 3.8) is 0 Å². The summed E-state index contributed by atoms with van der Waals surface area (Å²) in [5.41, 5.74) is 1.72. The third-order valence-corrected chi connectivity index (χ3v) is 7.74. The monoisotopic (exact) mass is 555 g/mol. The van der Waals surface area contributed by atoms with Crippen LogP contribution in [0.2, 0.25) is 0 Å². The third kappa shape index (κ3) is 5.12. The number of carboxylic acids is 1. The fourth-order valence-corrected chi connectivity index (χ4v) is 5.40. The van der Waals surface area contributed by atoms with E-state index in [1.165, 1.54) is 6.92 Å². The van der Waals surface area contributed by atoms with Crippen LogP contribution in [0.3, 0.4) is 0 Å². The number of anilines is 1. The molecule has 0 spiro atoms. The number of carbonyl (C=O) groups is 2. The number of carbonyl (C=O) groups excluding carboxylic acids is 1. The highest BCUT2D eigenvalue weighted by molar-refractivity contribution is 7.14. The van der Waals surface area contributed by atoms with Crippen LogP contribution in [0.4, 0.5) is 28.0 Å². The van der Waals surface area contributed by atoms with E-state index in [-0.39, 0.29) is 11.3 Å². The molecule has 4 aromatic rings. The van der Waals surface area contributed by atoms with Crippen LogP contribution in [0.15, 0.2) is 66.7 Å². The van der Waals surface area contributed by atoms with Crippen LogP contribution < -0.4 is 5.32 Å². The van der Waals surface area contributed by atoms with E-state index in [1.807, 2.05) is 6.07 Å². The van der Waals surface area contributed by atoms with E-state index in [0.717, 1.165) is 34.1 Å². The first-order chi connectivity index (χ1) is 18.6. The van der Waals surface area contributed by atoms with Gasteiger partial charge in [0.05, 0.1) is 16.0 Å². The van der Waals surface area contributed by atoms with E-state index < -0.39 is 46.2 Å². The quantitative estimate of drug-likeness (QED) is 0.179. The predicted octanol–water partition coefficient (Wildman–Crippen LogP) is 8.06. The molecule has 1 aromatic heterocycles. The van der Waals surface area contributed by atoms with Crippen LogP contribution in [-0.2, 0) is 14.9 Å². The van der Waals surface area contributed by atoms with E-state index >= 15 is 0 Å². The maximum atomic E-state index is 14.4. The normalized spacial score (nSPS) is 14.5. The molecular weight excluding hydrogens is 534 g/mol. The van der Waals surface area contributed by atoms with Crippen LogP contribution in [0.5, 0.6) is 0 Å². The van der Waals surface area contributed by atoms with Gasteiger partial charge >= 0.3 is 12.1 Å². The lowest BCUT2D eigenvalue weighted by Crippen LogP contribution is -2.19. The average molecular weight is 556 g/mol. The number of thiophene rings is 1. The van der Waals surface area contributed by atoms with Crippen molar-refractivity contribution in [2.75, 3.05) is 5.32 Å². The Kier molecular flexibility index (Phi) is 6.90. The lowest BCUT2D eigenvalue weighted by Gasteiger charge is -2.16. The first-order valence-corrected chi connectivity index (χ1v) is 12.8. The predicted molar refractivity (Wildman–Crippen MR) is 139 cm³/mol. The Bertz CT molecular complexity index is 1580. The molecule has 1 amide bonds. The lowest BCUT2D eigenvalue weighted by molar-refractivity contribution is -0.140. The van der Waals surface area contributed by atoms with Crippen LogP contribution in [0.25, 0.3) is 21.6 Å². The molecule has 10 heteroatoms. The minimum atomic E-state index is -1.37. The van der Waals surface area contributed by atoms with Crippen molar-refractivity contribution in [3.05, 3.63) is 100 Å². The van der Waals surface area contributed by atoms with E-state index in [1.54, 1.807) is 42.5 Å². The van der Waals surface area contributed by atoms with Crippen molar-refractivity contribution in [1.82, 2.24) is 0 Å². The van der Waals surface area contributed by atoms with E-state index in [4.69, 9.17) is 4.74 Å². The highest BCUT2D eigenvalue weighted by Crippen LogP contribution is 2.49. The summed E-state index contributed by atoms with van der Waals surface area (Å²) in [5, 5.41) is 11.4. The molecule has 1 atom stereocenters. The largest absolute Gasteiger partial charge is 0.481 e. The molecule has 1 aliphatic rings. The second-order valence-electron chi connectivity index (χ2n) is 9.26. The zero-order valence-corrected chi connectivity index (χ0v) is 21.3. The van der Waals surface area contributed by atoms with Gasteiger partial charge in [-0.05, 0) is 42.5 Å². The van der Waals surface area contributed by atoms with Gasteiger partial charge in [0.25, 0.3) is 0 Å². The number of hydrogen-bond acceptors (Lipinski definition) is 4. The van der Waals surface area contributed by atoms with Gasteiger partial charge in [0, 0.05) is 23.3 Å². The summed E-state index contributed by atoms with van der Waals surface area (Å²) in [5.74, 6) is -4.58. The summed E-state index contributed by atoms with van der Waals surface area (Å²) in [4.78, 5) is 24.7. The maximum absolute atomic E-state index is 14.4. The summed E-state index contributed by atoms with van der Waals surface area (Å²) < 4.78 is 60.5. The Morgan fingerprint density at radius 2 is 1.56 bits per heavy atom. The molecule has 1 fully saturated rings. The van der Waals surface area contributed by atoms with Gasteiger partial charge in [-0.1, -0.05) is 48.5 Å². The fraction of sp³-hybridized carbons (Fsp3) is 0.172. The zero-order valence-electron chi connectivity index (χ0n) is 20.4. The second-order valence-corrected chi connectivity index (χ2v) is 10.3. The van der Waals surface area contributed by atoms with Gasteiger partial charge in [-0.25, -0.2) is 18.0 Å². The summed E-state index contributed by atoms with van der Waals surface area (Å²) >= 11 is 0.795. The summed E-state index contributed by atoms with van der Waals surface area (Å²) in [6.45, 7) is 1.29. The van der Waals surface area contributed by atoms with Gasteiger partial charge in [0.1, 0.15) is 11.9 Å². The van der Waals surface area contributed by atoms with Gasteiger partial charge in [-0.15, -0.1) is 11.3 Å². The molecule has 0 bridgehead atoms. The van der Waals surface area contributed by atoms with Gasteiger partial charge in [0.2, 0.25) is 0 Å². The first kappa shape index (κ1) is 26.4. The van der Waals surface area contributed by atoms with Crippen LogP contribution in [0.1, 0.15) is 37.0 Å². The SMILES string of the molecule is CC(OC(=O)Nc1cc(F)sc1-c1ccccc1-c1ccc(C2(C(=O)O)CC2)cc1)c1cc(F)c(F)cc1F. The third-order valence-electron chi connectivity index (χ3n) is 6.78. The molecule has 39 heavy (non-hydrogen) atoms. The van der Waals surface area contributed by atoms with Crippen molar-refractivity contribution in [3.8, 4) is 21.6 Å². The van der Waals surface area contributed by atoms with Crippen molar-refractivity contribution in [2.45, 2.75) is 31.3 Å². The highest BCUT2D eigenvalue weighted by atomic mass is 32.1. The zero-order chi connectivity index (χ0) is 27.9. The van der Waals surface area contributed by atoms with Gasteiger partial charge < -0.3 is 9.84 Å². The topological polar surface area (TPSA) is 75.6 Å².